The highest BCUT2D eigenvalue weighted by atomic mass is 16.2. The van der Waals surface area contributed by atoms with Gasteiger partial charge in [0.1, 0.15) is 6.61 Å². The van der Waals surface area contributed by atoms with Gasteiger partial charge in [-0.3, -0.25) is 4.57 Å². The molecule has 0 radical (unpaired) electrons. The minimum absolute atomic E-state index is 0.147. The van der Waals surface area contributed by atoms with Crippen molar-refractivity contribution >= 4 is 0 Å². The fourth-order valence-corrected chi connectivity index (χ4v) is 1.98. The Morgan fingerprint density at radius 3 is 2.55 bits per heavy atom. The lowest BCUT2D eigenvalue weighted by molar-refractivity contribution is 0.350. The second-order valence-corrected chi connectivity index (χ2v) is 4.56. The number of hydrogen-bond acceptors (Lipinski definition) is 3. The van der Waals surface area contributed by atoms with Crippen LogP contribution in [0.25, 0.3) is 0 Å². The highest BCUT2D eigenvalue weighted by Gasteiger charge is 2.03. The minimum atomic E-state index is -0.230. The Hall–Kier alpha value is -2.38. The third-order valence-electron chi connectivity index (χ3n) is 2.95. The molecule has 0 spiro atoms. The number of nitrogens with zero attached hydrogens (tertiary/aromatic N) is 2. The molecule has 0 atom stereocenters. The molecule has 0 amide bonds. The number of aryl methyl sites for hydroxylation is 2. The summed E-state index contributed by atoms with van der Waals surface area (Å²) in [6.45, 7) is 4.06. The topological polar surface area (TPSA) is 55.1 Å². The Morgan fingerprint density at radius 1 is 1.25 bits per heavy atom. The van der Waals surface area contributed by atoms with Crippen LogP contribution in [0.3, 0.4) is 0 Å². The minimum Gasteiger partial charge on any atom is -0.384 e. The summed E-state index contributed by atoms with van der Waals surface area (Å²) in [6.07, 6.45) is 0. The fourth-order valence-electron chi connectivity index (χ4n) is 1.98. The predicted molar refractivity (Wildman–Crippen MR) is 77.5 cm³/mol. The Balaban J connectivity index is 2.25. The lowest BCUT2D eigenvalue weighted by atomic mass is 10.1. The molecule has 0 aliphatic heterocycles. The van der Waals surface area contributed by atoms with Gasteiger partial charge >= 0.3 is 5.69 Å². The second kappa shape index (κ2) is 6.18. The van der Waals surface area contributed by atoms with Crippen LogP contribution in [0.2, 0.25) is 0 Å². The summed E-state index contributed by atoms with van der Waals surface area (Å²) < 4.78 is 1.64. The van der Waals surface area contributed by atoms with Crippen LogP contribution in [-0.4, -0.2) is 21.3 Å². The SMILES string of the molecule is Cc1cc(C)n(Cc2ccc(C#CCO)cc2)c(=O)n1. The lowest BCUT2D eigenvalue weighted by Crippen LogP contribution is -2.26. The van der Waals surface area contributed by atoms with Crippen LogP contribution >= 0.6 is 0 Å². The van der Waals surface area contributed by atoms with Gasteiger partial charge in [0.15, 0.2) is 0 Å². The first kappa shape index (κ1) is 14.0. The van der Waals surface area contributed by atoms with E-state index in [-0.39, 0.29) is 12.3 Å². The van der Waals surface area contributed by atoms with E-state index < -0.39 is 0 Å². The van der Waals surface area contributed by atoms with Gasteiger partial charge in [-0.2, -0.15) is 4.98 Å². The van der Waals surface area contributed by atoms with Gasteiger partial charge in [0, 0.05) is 17.0 Å². The molecule has 20 heavy (non-hydrogen) atoms. The first-order valence-corrected chi connectivity index (χ1v) is 6.34. The molecule has 1 aromatic heterocycles. The molecule has 4 heteroatoms. The predicted octanol–water partition coefficient (Wildman–Crippen LogP) is 1.25. The molecular weight excluding hydrogens is 252 g/mol. The van der Waals surface area contributed by atoms with Crippen molar-refractivity contribution in [3.8, 4) is 11.8 Å². The zero-order chi connectivity index (χ0) is 14.5. The van der Waals surface area contributed by atoms with Crippen LogP contribution in [0.1, 0.15) is 22.5 Å². The molecule has 102 valence electrons. The highest BCUT2D eigenvalue weighted by Crippen LogP contribution is 2.06. The van der Waals surface area contributed by atoms with E-state index >= 15 is 0 Å². The second-order valence-electron chi connectivity index (χ2n) is 4.56. The normalized spacial score (nSPS) is 9.95. The quantitative estimate of drug-likeness (QED) is 0.834. The third-order valence-corrected chi connectivity index (χ3v) is 2.95. The molecule has 2 rings (SSSR count). The molecule has 0 saturated carbocycles. The van der Waals surface area contributed by atoms with Gasteiger partial charge in [-0.15, -0.1) is 0 Å². The molecule has 4 nitrogen and oxygen atoms in total. The van der Waals surface area contributed by atoms with E-state index in [1.165, 1.54) is 0 Å². The summed E-state index contributed by atoms with van der Waals surface area (Å²) in [5.74, 6) is 5.43. The molecule has 0 unspecified atom stereocenters. The summed E-state index contributed by atoms with van der Waals surface area (Å²) in [4.78, 5) is 15.8. The van der Waals surface area contributed by atoms with Gasteiger partial charge in [-0.05, 0) is 37.6 Å². The fraction of sp³-hybridized carbons (Fsp3) is 0.250. The van der Waals surface area contributed by atoms with Crippen molar-refractivity contribution in [2.75, 3.05) is 6.61 Å². The molecule has 1 heterocycles. The number of rotatable bonds is 2. The van der Waals surface area contributed by atoms with E-state index in [1.54, 1.807) is 4.57 Å². The van der Waals surface area contributed by atoms with Crippen molar-refractivity contribution in [1.82, 2.24) is 9.55 Å². The van der Waals surface area contributed by atoms with Gasteiger partial charge in [0.25, 0.3) is 0 Å². The first-order chi connectivity index (χ1) is 9.60. The maximum absolute atomic E-state index is 11.9. The molecule has 0 bridgehead atoms. The van der Waals surface area contributed by atoms with Crippen molar-refractivity contribution < 1.29 is 5.11 Å². The molecule has 1 aromatic carbocycles. The maximum Gasteiger partial charge on any atom is 0.348 e. The summed E-state index contributed by atoms with van der Waals surface area (Å²) in [6, 6.07) is 9.49. The van der Waals surface area contributed by atoms with Gasteiger partial charge in [-0.25, -0.2) is 4.79 Å². The van der Waals surface area contributed by atoms with E-state index in [0.717, 1.165) is 22.5 Å². The van der Waals surface area contributed by atoms with Crippen LogP contribution in [0, 0.1) is 25.7 Å². The standard InChI is InChI=1S/C16H16N2O2/c1-12-10-13(2)18(16(20)17-12)11-15-7-5-14(6-8-15)4-3-9-19/h5-8,10,19H,9,11H2,1-2H3. The van der Waals surface area contributed by atoms with Crippen molar-refractivity contribution in [3.63, 3.8) is 0 Å². The van der Waals surface area contributed by atoms with Gasteiger partial charge in [0.05, 0.1) is 6.54 Å². The summed E-state index contributed by atoms with van der Waals surface area (Å²) in [5, 5.41) is 8.64. The van der Waals surface area contributed by atoms with Crippen LogP contribution in [0.4, 0.5) is 0 Å². The highest BCUT2D eigenvalue weighted by molar-refractivity contribution is 5.36. The maximum atomic E-state index is 11.9. The van der Waals surface area contributed by atoms with E-state index in [9.17, 15) is 4.79 Å². The van der Waals surface area contributed by atoms with Gasteiger partial charge in [0.2, 0.25) is 0 Å². The molecule has 0 fully saturated rings. The largest absolute Gasteiger partial charge is 0.384 e. The van der Waals surface area contributed by atoms with E-state index in [0.29, 0.717) is 6.54 Å². The Kier molecular flexibility index (Phi) is 4.34. The van der Waals surface area contributed by atoms with Crippen LogP contribution in [0.15, 0.2) is 35.1 Å². The average Bonchev–Trinajstić information content (AvgIpc) is 2.42. The molecule has 0 saturated heterocycles. The summed E-state index contributed by atoms with van der Waals surface area (Å²) in [7, 11) is 0. The summed E-state index contributed by atoms with van der Waals surface area (Å²) >= 11 is 0. The van der Waals surface area contributed by atoms with Crippen molar-refractivity contribution in [2.45, 2.75) is 20.4 Å². The Bertz CT molecular complexity index is 719. The third kappa shape index (κ3) is 3.34. The van der Waals surface area contributed by atoms with Gasteiger partial charge < -0.3 is 5.11 Å². The van der Waals surface area contributed by atoms with Crippen LogP contribution < -0.4 is 5.69 Å². The zero-order valence-corrected chi connectivity index (χ0v) is 11.6. The summed E-state index contributed by atoms with van der Waals surface area (Å²) in [5.41, 5.74) is 3.25. The molecule has 0 aliphatic carbocycles. The monoisotopic (exact) mass is 268 g/mol. The molecule has 2 aromatic rings. The molecule has 1 N–H and O–H groups in total. The Labute approximate surface area is 117 Å². The zero-order valence-electron chi connectivity index (χ0n) is 11.6. The van der Waals surface area contributed by atoms with E-state index in [1.807, 2.05) is 44.2 Å². The average molecular weight is 268 g/mol. The smallest absolute Gasteiger partial charge is 0.348 e. The van der Waals surface area contributed by atoms with E-state index in [4.69, 9.17) is 5.11 Å². The van der Waals surface area contributed by atoms with Crippen molar-refractivity contribution in [1.29, 1.82) is 0 Å². The molecular formula is C16H16N2O2. The first-order valence-electron chi connectivity index (χ1n) is 6.34. The molecule has 0 aliphatic rings. The van der Waals surface area contributed by atoms with E-state index in [2.05, 4.69) is 16.8 Å². The number of aliphatic hydroxyl groups excluding tert-OH is 1. The van der Waals surface area contributed by atoms with Crippen LogP contribution in [-0.2, 0) is 6.54 Å². The van der Waals surface area contributed by atoms with Crippen molar-refractivity contribution in [3.05, 3.63) is 63.3 Å². The number of hydrogen-bond donors (Lipinski definition) is 1. The Morgan fingerprint density at radius 2 is 1.95 bits per heavy atom. The number of benzene rings is 1. The van der Waals surface area contributed by atoms with Crippen LogP contribution in [0.5, 0.6) is 0 Å². The lowest BCUT2D eigenvalue weighted by Gasteiger charge is -2.09. The number of aliphatic hydroxyl groups is 1. The number of aromatic nitrogens is 2. The van der Waals surface area contributed by atoms with Crippen molar-refractivity contribution in [2.24, 2.45) is 0 Å². The van der Waals surface area contributed by atoms with Gasteiger partial charge in [-0.1, -0.05) is 24.0 Å².